The second-order valence-corrected chi connectivity index (χ2v) is 12.5. The summed E-state index contributed by atoms with van der Waals surface area (Å²) in [6, 6.07) is 0.434. The van der Waals surface area contributed by atoms with E-state index in [4.69, 9.17) is 4.74 Å². The van der Waals surface area contributed by atoms with Crippen molar-refractivity contribution in [2.45, 2.75) is 104 Å². The van der Waals surface area contributed by atoms with Crippen molar-refractivity contribution in [2.75, 3.05) is 13.2 Å². The van der Waals surface area contributed by atoms with Gasteiger partial charge in [-0.15, -0.1) is 11.3 Å². The van der Waals surface area contributed by atoms with E-state index in [0.29, 0.717) is 13.0 Å². The number of nitrogens with zero attached hydrogens (tertiary/aromatic N) is 2. The molecular weight excluding hydrogens is 492 g/mol. The molecule has 2 aliphatic rings. The van der Waals surface area contributed by atoms with Gasteiger partial charge in [-0.2, -0.15) is 0 Å². The number of rotatable bonds is 4. The lowest BCUT2D eigenvalue weighted by atomic mass is 9.73. The van der Waals surface area contributed by atoms with Gasteiger partial charge >= 0.3 is 5.97 Å². The van der Waals surface area contributed by atoms with E-state index in [1.165, 1.54) is 0 Å². The number of esters is 1. The number of thiazole rings is 1. The molecule has 0 aliphatic carbocycles. The third-order valence-corrected chi connectivity index (χ3v) is 9.10. The molecule has 37 heavy (non-hydrogen) atoms. The Kier molecular flexibility index (Phi) is 10.1. The molecule has 1 aromatic heterocycles. The van der Waals surface area contributed by atoms with Crippen molar-refractivity contribution in [3.63, 3.8) is 0 Å². The summed E-state index contributed by atoms with van der Waals surface area (Å²) in [6.07, 6.45) is 2.19. The molecule has 0 saturated carbocycles. The zero-order valence-corrected chi connectivity index (χ0v) is 23.8. The molecule has 3 rings (SSSR count). The van der Waals surface area contributed by atoms with Gasteiger partial charge in [0.05, 0.1) is 41.4 Å². The number of aryl methyl sites for hydroxylation is 1. The Labute approximate surface area is 224 Å². The zero-order valence-electron chi connectivity index (χ0n) is 23.0. The summed E-state index contributed by atoms with van der Waals surface area (Å²) < 4.78 is 5.94. The predicted molar refractivity (Wildman–Crippen MR) is 144 cm³/mol. The second kappa shape index (κ2) is 12.5. The number of Topliss-reactive ketones (excluding diaryl/α,β-unsaturated/α-hetero) is 1. The molecule has 5 unspecified atom stereocenters. The number of ketones is 1. The highest BCUT2D eigenvalue weighted by Gasteiger charge is 2.48. The van der Waals surface area contributed by atoms with Crippen molar-refractivity contribution >= 4 is 29.2 Å². The Hall–Kier alpha value is -1.65. The first-order valence-corrected chi connectivity index (χ1v) is 14.3. The van der Waals surface area contributed by atoms with Crippen LogP contribution in [0.2, 0.25) is 0 Å². The number of hydrogen-bond acceptors (Lipinski definition) is 9. The minimum atomic E-state index is -1.24. The number of hydrogen-bond donors (Lipinski definition) is 3. The van der Waals surface area contributed by atoms with E-state index >= 15 is 0 Å². The molecule has 0 spiro atoms. The SMILES string of the molecule is C/C(=C\c1csc(C)n1)[C@@H]1C[C@H]2C(CCCC(C)[C@H](O)C(C)C(=O)C(C)(C)C(O)CC(=O)O1)N2CCO. The first-order chi connectivity index (χ1) is 17.4. The number of aromatic nitrogens is 1. The third kappa shape index (κ3) is 7.26. The maximum atomic E-state index is 13.3. The smallest absolute Gasteiger partial charge is 0.309 e. The first-order valence-electron chi connectivity index (χ1n) is 13.4. The molecular formula is C28H44N2O6S. The number of aliphatic hydroxyl groups excluding tert-OH is 3. The molecule has 1 aromatic rings. The van der Waals surface area contributed by atoms with Crippen molar-refractivity contribution in [1.82, 2.24) is 9.88 Å². The average molecular weight is 537 g/mol. The lowest BCUT2D eigenvalue weighted by Crippen LogP contribution is -2.45. The van der Waals surface area contributed by atoms with Gasteiger partial charge in [-0.05, 0) is 44.3 Å². The van der Waals surface area contributed by atoms with Gasteiger partial charge in [-0.1, -0.05) is 34.1 Å². The maximum Gasteiger partial charge on any atom is 0.309 e. The molecule has 8 atom stereocenters. The Morgan fingerprint density at radius 1 is 1.24 bits per heavy atom. The second-order valence-electron chi connectivity index (χ2n) is 11.5. The van der Waals surface area contributed by atoms with Crippen LogP contribution < -0.4 is 0 Å². The molecule has 0 bridgehead atoms. The van der Waals surface area contributed by atoms with E-state index in [1.807, 2.05) is 32.2 Å². The van der Waals surface area contributed by atoms with E-state index in [0.717, 1.165) is 35.5 Å². The minimum absolute atomic E-state index is 0.0559. The van der Waals surface area contributed by atoms with Crippen molar-refractivity contribution in [3.8, 4) is 0 Å². The van der Waals surface area contributed by atoms with E-state index in [9.17, 15) is 24.9 Å². The normalized spacial score (nSPS) is 36.1. The summed E-state index contributed by atoms with van der Waals surface area (Å²) in [7, 11) is 0. The van der Waals surface area contributed by atoms with E-state index in [2.05, 4.69) is 9.88 Å². The fourth-order valence-electron chi connectivity index (χ4n) is 5.65. The molecule has 9 heteroatoms. The van der Waals surface area contributed by atoms with E-state index in [1.54, 1.807) is 32.1 Å². The quantitative estimate of drug-likeness (QED) is 0.396. The molecule has 3 N–H and O–H groups in total. The van der Waals surface area contributed by atoms with Gasteiger partial charge in [0, 0.05) is 36.3 Å². The van der Waals surface area contributed by atoms with Crippen LogP contribution in [0.3, 0.4) is 0 Å². The standard InChI is InChI=1S/C28H44N2O6S/c1-16-8-7-9-21-22(30(21)10-11-31)13-23(17(2)12-20-15-37-19(4)29-20)36-25(33)14-24(32)28(5,6)27(35)18(3)26(16)34/h12,15-16,18,21-24,26,31-32,34H,7-11,13-14H2,1-6H3/b17-12+/t16?,18?,21?,22-,23-,24?,26-,30?/m0/s1. The average Bonchev–Trinajstić information content (AvgIpc) is 3.29. The highest BCUT2D eigenvalue weighted by molar-refractivity contribution is 7.09. The molecule has 2 aliphatic heterocycles. The van der Waals surface area contributed by atoms with Crippen LogP contribution in [0.4, 0.5) is 0 Å². The minimum Gasteiger partial charge on any atom is -0.458 e. The molecule has 208 valence electrons. The maximum absolute atomic E-state index is 13.3. The molecule has 2 fully saturated rings. The highest BCUT2D eigenvalue weighted by Crippen LogP contribution is 2.39. The van der Waals surface area contributed by atoms with Gasteiger partial charge in [-0.25, -0.2) is 4.98 Å². The van der Waals surface area contributed by atoms with E-state index in [-0.39, 0.29) is 36.8 Å². The topological polar surface area (TPSA) is 120 Å². The first kappa shape index (κ1) is 29.9. The van der Waals surface area contributed by atoms with E-state index < -0.39 is 35.6 Å². The third-order valence-electron chi connectivity index (χ3n) is 8.31. The van der Waals surface area contributed by atoms with Crippen LogP contribution >= 0.6 is 11.3 Å². The number of aliphatic hydroxyl groups is 3. The summed E-state index contributed by atoms with van der Waals surface area (Å²) in [5.41, 5.74) is 0.467. The number of ether oxygens (including phenoxy) is 1. The van der Waals surface area contributed by atoms with Crippen LogP contribution in [0, 0.1) is 24.2 Å². The van der Waals surface area contributed by atoms with Gasteiger partial charge in [0.1, 0.15) is 11.9 Å². The molecule has 0 radical (unpaired) electrons. The molecule has 8 nitrogen and oxygen atoms in total. The van der Waals surface area contributed by atoms with Crippen LogP contribution in [0.1, 0.15) is 77.4 Å². The number of carbonyl (C=O) groups is 2. The Bertz CT molecular complexity index is 976. The molecule has 0 amide bonds. The van der Waals surface area contributed by atoms with Crippen molar-refractivity contribution in [2.24, 2.45) is 17.3 Å². The largest absolute Gasteiger partial charge is 0.458 e. The summed E-state index contributed by atoms with van der Waals surface area (Å²) in [6.45, 7) is 11.4. The fourth-order valence-corrected chi connectivity index (χ4v) is 6.22. The Morgan fingerprint density at radius 2 is 1.95 bits per heavy atom. The molecule has 0 aromatic carbocycles. The Morgan fingerprint density at radius 3 is 2.57 bits per heavy atom. The van der Waals surface area contributed by atoms with Crippen molar-refractivity contribution < 1.29 is 29.6 Å². The number of β-amino-alcohol motifs (C(OH)–C–C–N with tert-alkyl or cyclic N) is 1. The lowest BCUT2D eigenvalue weighted by molar-refractivity contribution is -0.154. The number of carbonyl (C=O) groups excluding carboxylic acids is 2. The van der Waals surface area contributed by atoms with Crippen LogP contribution in [-0.4, -0.2) is 80.5 Å². The van der Waals surface area contributed by atoms with Crippen LogP contribution in [0.25, 0.3) is 6.08 Å². The number of cyclic esters (lactones) is 1. The van der Waals surface area contributed by atoms with Gasteiger partial charge in [0.25, 0.3) is 0 Å². The highest BCUT2D eigenvalue weighted by atomic mass is 32.1. The lowest BCUT2D eigenvalue weighted by Gasteiger charge is -2.34. The Balaban J connectivity index is 1.88. The van der Waals surface area contributed by atoms with Crippen molar-refractivity contribution in [3.05, 3.63) is 21.7 Å². The molecule has 3 heterocycles. The zero-order chi connectivity index (χ0) is 27.5. The van der Waals surface area contributed by atoms with Gasteiger partial charge in [0.2, 0.25) is 0 Å². The summed E-state index contributed by atoms with van der Waals surface area (Å²) in [4.78, 5) is 33.1. The monoisotopic (exact) mass is 536 g/mol. The van der Waals surface area contributed by atoms with Gasteiger partial charge in [0.15, 0.2) is 0 Å². The van der Waals surface area contributed by atoms with Crippen LogP contribution in [-0.2, 0) is 14.3 Å². The number of fused-ring (bicyclic) bond motifs is 1. The van der Waals surface area contributed by atoms with Gasteiger partial charge in [-0.3, -0.25) is 14.5 Å². The fraction of sp³-hybridized carbons (Fsp3) is 0.750. The predicted octanol–water partition coefficient (Wildman–Crippen LogP) is 3.37. The summed E-state index contributed by atoms with van der Waals surface area (Å²) in [5.74, 6) is -1.57. The van der Waals surface area contributed by atoms with Gasteiger partial charge < -0.3 is 20.1 Å². The van der Waals surface area contributed by atoms with Crippen molar-refractivity contribution in [1.29, 1.82) is 0 Å². The molecule has 2 saturated heterocycles. The summed E-state index contributed by atoms with van der Waals surface area (Å²) >= 11 is 1.55. The van der Waals surface area contributed by atoms with Crippen LogP contribution in [0.5, 0.6) is 0 Å². The summed E-state index contributed by atoms with van der Waals surface area (Å²) in [5, 5.41) is 34.3. The van der Waals surface area contributed by atoms with Crippen LogP contribution in [0.15, 0.2) is 11.0 Å².